The summed E-state index contributed by atoms with van der Waals surface area (Å²) in [5, 5.41) is 0. The maximum absolute atomic E-state index is 15.6. The molecule has 2 unspecified atom stereocenters. The molecule has 0 fully saturated rings. The third-order valence-corrected chi connectivity index (χ3v) is 5.32. The van der Waals surface area contributed by atoms with Crippen LogP contribution in [0.2, 0.25) is 0 Å². The van der Waals surface area contributed by atoms with Crippen LogP contribution in [-0.4, -0.2) is 6.10 Å². The highest BCUT2D eigenvalue weighted by Gasteiger charge is 2.59. The molecule has 3 aromatic carbocycles. The quantitative estimate of drug-likeness (QED) is 0.178. The SMILES string of the molecule is Nc1ccc(OC2C(F)=C(F)C(F)=C(F)C2(Oc2ccc(N)cc2)c2cc(F)c(F)c(F)c2F)cc1. The Balaban J connectivity index is 2.05. The minimum atomic E-state index is -3.57. The van der Waals surface area contributed by atoms with Crippen molar-refractivity contribution in [3.05, 3.63) is 107 Å². The van der Waals surface area contributed by atoms with Crippen LogP contribution in [0.5, 0.6) is 11.5 Å². The van der Waals surface area contributed by atoms with Gasteiger partial charge in [-0.15, -0.1) is 0 Å². The second kappa shape index (κ2) is 9.10. The van der Waals surface area contributed by atoms with E-state index in [1.165, 1.54) is 24.3 Å². The molecule has 0 heterocycles. The van der Waals surface area contributed by atoms with Crippen molar-refractivity contribution in [3.63, 3.8) is 0 Å². The first-order chi connectivity index (χ1) is 17.0. The van der Waals surface area contributed by atoms with Gasteiger partial charge in [-0.1, -0.05) is 0 Å². The lowest BCUT2D eigenvalue weighted by molar-refractivity contribution is -0.0358. The Morgan fingerprint density at radius 3 is 1.72 bits per heavy atom. The molecule has 0 aromatic heterocycles. The summed E-state index contributed by atoms with van der Waals surface area (Å²) in [5.41, 5.74) is 6.34. The Labute approximate surface area is 198 Å². The van der Waals surface area contributed by atoms with Crippen LogP contribution in [0.25, 0.3) is 0 Å². The van der Waals surface area contributed by atoms with Crippen molar-refractivity contribution in [1.82, 2.24) is 0 Å². The Bertz CT molecular complexity index is 1390. The highest BCUT2D eigenvalue weighted by molar-refractivity contribution is 5.50. The molecule has 12 heteroatoms. The maximum atomic E-state index is 15.6. The molecule has 4 rings (SSSR count). The van der Waals surface area contributed by atoms with Crippen molar-refractivity contribution >= 4 is 11.4 Å². The smallest absolute Gasteiger partial charge is 0.234 e. The molecule has 0 amide bonds. The van der Waals surface area contributed by atoms with E-state index >= 15 is 13.2 Å². The number of hydrogen-bond acceptors (Lipinski definition) is 4. The van der Waals surface area contributed by atoms with Crippen molar-refractivity contribution in [3.8, 4) is 11.5 Å². The summed E-state index contributed by atoms with van der Waals surface area (Å²) in [7, 11) is 0. The van der Waals surface area contributed by atoms with Gasteiger partial charge in [0.05, 0.1) is 0 Å². The molecule has 0 saturated carbocycles. The molecular weight excluding hydrogens is 500 g/mol. The molecule has 2 atom stereocenters. The lowest BCUT2D eigenvalue weighted by Crippen LogP contribution is -2.52. The first-order valence-corrected chi connectivity index (χ1v) is 9.98. The number of rotatable bonds is 5. The summed E-state index contributed by atoms with van der Waals surface area (Å²) < 4.78 is 128. The number of anilines is 2. The average Bonchev–Trinajstić information content (AvgIpc) is 2.87. The van der Waals surface area contributed by atoms with Crippen LogP contribution in [0, 0.1) is 23.3 Å². The third-order valence-electron chi connectivity index (χ3n) is 5.32. The number of benzene rings is 3. The van der Waals surface area contributed by atoms with Gasteiger partial charge >= 0.3 is 0 Å². The minimum Gasteiger partial charge on any atom is -0.478 e. The number of allylic oxidation sites excluding steroid dienone is 2. The zero-order valence-corrected chi connectivity index (χ0v) is 17.8. The molecule has 4 N–H and O–H groups in total. The van der Waals surface area contributed by atoms with Gasteiger partial charge in [0.15, 0.2) is 46.6 Å². The molecule has 3 aromatic rings. The molecule has 188 valence electrons. The average molecular weight is 514 g/mol. The van der Waals surface area contributed by atoms with E-state index in [0.29, 0.717) is 0 Å². The molecule has 0 bridgehead atoms. The zero-order valence-electron chi connectivity index (χ0n) is 17.8. The van der Waals surface area contributed by atoms with Crippen LogP contribution in [0.1, 0.15) is 5.56 Å². The normalized spacial score (nSPS) is 20.1. The number of ether oxygens (including phenoxy) is 2. The third kappa shape index (κ3) is 3.97. The van der Waals surface area contributed by atoms with Gasteiger partial charge in [-0.25, -0.2) is 35.1 Å². The van der Waals surface area contributed by atoms with Gasteiger partial charge in [0.25, 0.3) is 0 Å². The van der Waals surface area contributed by atoms with Crippen molar-refractivity contribution in [1.29, 1.82) is 0 Å². The molecule has 0 saturated heterocycles. The number of nitrogens with two attached hydrogens (primary N) is 2. The summed E-state index contributed by atoms with van der Waals surface area (Å²) in [6.45, 7) is 0. The molecular formula is C24H14F8N2O2. The Hall–Kier alpha value is -4.22. The van der Waals surface area contributed by atoms with E-state index < -0.39 is 69.6 Å². The first kappa shape index (κ1) is 24.9. The van der Waals surface area contributed by atoms with Crippen LogP contribution in [0.4, 0.5) is 46.5 Å². The molecule has 36 heavy (non-hydrogen) atoms. The molecule has 4 nitrogen and oxygen atoms in total. The van der Waals surface area contributed by atoms with Gasteiger partial charge in [0.1, 0.15) is 11.5 Å². The molecule has 1 aliphatic rings. The number of halogens is 8. The Morgan fingerprint density at radius 1 is 0.639 bits per heavy atom. The second-order valence-corrected chi connectivity index (χ2v) is 7.61. The van der Waals surface area contributed by atoms with Gasteiger partial charge < -0.3 is 20.9 Å². The number of nitrogen functional groups attached to an aromatic ring is 2. The summed E-state index contributed by atoms with van der Waals surface area (Å²) in [5.74, 6) is -19.2. The summed E-state index contributed by atoms with van der Waals surface area (Å²) >= 11 is 0. The fourth-order valence-corrected chi connectivity index (χ4v) is 3.57. The van der Waals surface area contributed by atoms with Crippen LogP contribution < -0.4 is 20.9 Å². The van der Waals surface area contributed by atoms with E-state index in [0.717, 1.165) is 24.3 Å². The maximum Gasteiger partial charge on any atom is 0.234 e. The van der Waals surface area contributed by atoms with Crippen molar-refractivity contribution < 1.29 is 44.6 Å². The predicted molar refractivity (Wildman–Crippen MR) is 113 cm³/mol. The first-order valence-electron chi connectivity index (χ1n) is 9.98. The monoisotopic (exact) mass is 514 g/mol. The van der Waals surface area contributed by atoms with E-state index in [-0.39, 0.29) is 23.2 Å². The Morgan fingerprint density at radius 2 is 1.17 bits per heavy atom. The van der Waals surface area contributed by atoms with Gasteiger partial charge in [0, 0.05) is 16.9 Å². The zero-order chi connectivity index (χ0) is 26.4. The van der Waals surface area contributed by atoms with E-state index in [9.17, 15) is 22.0 Å². The van der Waals surface area contributed by atoms with Crippen LogP contribution in [0.3, 0.4) is 0 Å². The molecule has 0 spiro atoms. The molecule has 0 aliphatic heterocycles. The highest BCUT2D eigenvalue weighted by atomic mass is 19.2. The van der Waals surface area contributed by atoms with E-state index in [1.807, 2.05) is 0 Å². The fourth-order valence-electron chi connectivity index (χ4n) is 3.57. The van der Waals surface area contributed by atoms with Crippen molar-refractivity contribution in [2.45, 2.75) is 11.7 Å². The number of hydrogen-bond donors (Lipinski definition) is 2. The van der Waals surface area contributed by atoms with Gasteiger partial charge in [-0.3, -0.25) is 0 Å². The summed E-state index contributed by atoms with van der Waals surface area (Å²) in [4.78, 5) is 0. The van der Waals surface area contributed by atoms with Gasteiger partial charge in [-0.2, -0.15) is 0 Å². The topological polar surface area (TPSA) is 70.5 Å². The lowest BCUT2D eigenvalue weighted by atomic mass is 9.81. The van der Waals surface area contributed by atoms with Crippen molar-refractivity contribution in [2.24, 2.45) is 0 Å². The highest BCUT2D eigenvalue weighted by Crippen LogP contribution is 2.51. The van der Waals surface area contributed by atoms with Crippen LogP contribution in [0.15, 0.2) is 77.9 Å². The fraction of sp³-hybridized carbons (Fsp3) is 0.0833. The van der Waals surface area contributed by atoms with Gasteiger partial charge in [-0.05, 0) is 54.6 Å². The Kier molecular flexibility index (Phi) is 6.29. The summed E-state index contributed by atoms with van der Waals surface area (Å²) in [6.07, 6.45) is -2.75. The largest absolute Gasteiger partial charge is 0.478 e. The molecule has 1 aliphatic carbocycles. The summed E-state index contributed by atoms with van der Waals surface area (Å²) in [6, 6.07) is 9.10. The van der Waals surface area contributed by atoms with Crippen LogP contribution >= 0.6 is 0 Å². The lowest BCUT2D eigenvalue weighted by Gasteiger charge is -2.41. The standard InChI is InChI=1S/C24H14F8N2O2/c25-15-9-14(16(26)18(28)17(15)27)24(36-13-7-3-11(34)4-8-13)22(32)20(30)19(29)21(31)23(24)35-12-5-1-10(33)2-6-12/h1-9,23H,33-34H2. The molecule has 0 radical (unpaired) electrons. The van der Waals surface area contributed by atoms with Crippen LogP contribution in [-0.2, 0) is 5.60 Å². The van der Waals surface area contributed by atoms with E-state index in [2.05, 4.69) is 0 Å². The van der Waals surface area contributed by atoms with E-state index in [4.69, 9.17) is 20.9 Å². The van der Waals surface area contributed by atoms with Gasteiger partial charge in [0.2, 0.25) is 11.7 Å². The van der Waals surface area contributed by atoms with E-state index in [1.54, 1.807) is 0 Å². The predicted octanol–water partition coefficient (Wildman–Crippen LogP) is 6.44. The minimum absolute atomic E-state index is 0.0756. The van der Waals surface area contributed by atoms with Crippen molar-refractivity contribution in [2.75, 3.05) is 11.5 Å². The second-order valence-electron chi connectivity index (χ2n) is 7.61.